The second-order valence-corrected chi connectivity index (χ2v) is 5.10. The molecule has 2 rings (SSSR count). The summed E-state index contributed by atoms with van der Waals surface area (Å²) in [5.74, 6) is 1.51. The zero-order valence-corrected chi connectivity index (χ0v) is 11.5. The first-order valence-corrected chi connectivity index (χ1v) is 6.78. The summed E-state index contributed by atoms with van der Waals surface area (Å²) in [4.78, 5) is 0. The fourth-order valence-corrected chi connectivity index (χ4v) is 2.44. The third-order valence-electron chi connectivity index (χ3n) is 3.31. The number of methoxy groups -OCH3 is 1. The molecule has 0 unspecified atom stereocenters. The molecular weight excluding hydrogens is 250 g/mol. The Morgan fingerprint density at radius 1 is 1.33 bits per heavy atom. The molecule has 4 heteroatoms. The van der Waals surface area contributed by atoms with Crippen molar-refractivity contribution in [2.75, 3.05) is 26.8 Å². The van der Waals surface area contributed by atoms with Crippen LogP contribution in [0, 0.1) is 5.92 Å². The molecular formula is C14H20ClNO2. The van der Waals surface area contributed by atoms with Crippen molar-refractivity contribution >= 4 is 11.6 Å². The number of benzene rings is 1. The summed E-state index contributed by atoms with van der Waals surface area (Å²) in [6.07, 6.45) is 2.40. The van der Waals surface area contributed by atoms with Crippen LogP contribution < -0.4 is 10.1 Å². The van der Waals surface area contributed by atoms with Gasteiger partial charge in [-0.25, -0.2) is 0 Å². The molecule has 1 fully saturated rings. The van der Waals surface area contributed by atoms with E-state index in [0.717, 1.165) is 36.0 Å². The molecule has 1 aliphatic heterocycles. The average molecular weight is 270 g/mol. The number of rotatable bonds is 5. The van der Waals surface area contributed by atoms with Gasteiger partial charge in [-0.05, 0) is 50.0 Å². The molecule has 1 saturated heterocycles. The van der Waals surface area contributed by atoms with Crippen molar-refractivity contribution in [3.05, 3.63) is 28.8 Å². The van der Waals surface area contributed by atoms with Gasteiger partial charge in [-0.15, -0.1) is 0 Å². The highest BCUT2D eigenvalue weighted by Crippen LogP contribution is 2.23. The van der Waals surface area contributed by atoms with E-state index in [1.807, 2.05) is 18.2 Å². The number of hydrogen-bond acceptors (Lipinski definition) is 3. The zero-order valence-electron chi connectivity index (χ0n) is 10.7. The molecule has 3 nitrogen and oxygen atoms in total. The van der Waals surface area contributed by atoms with Crippen molar-refractivity contribution in [1.82, 2.24) is 5.32 Å². The van der Waals surface area contributed by atoms with E-state index in [9.17, 15) is 0 Å². The highest BCUT2D eigenvalue weighted by Gasteiger charge is 2.13. The van der Waals surface area contributed by atoms with Crippen molar-refractivity contribution in [3.63, 3.8) is 0 Å². The van der Waals surface area contributed by atoms with Gasteiger partial charge in [0.2, 0.25) is 0 Å². The Bertz CT molecular complexity index is 378. The van der Waals surface area contributed by atoms with E-state index in [0.29, 0.717) is 12.5 Å². The second-order valence-electron chi connectivity index (χ2n) is 4.66. The standard InChI is InChI=1S/C14H20ClNO2/c1-17-14-3-2-13(15)8-12(14)10-18-9-11-4-6-16-7-5-11/h2-3,8,11,16H,4-7,9-10H2,1H3. The fraction of sp³-hybridized carbons (Fsp3) is 0.571. The lowest BCUT2D eigenvalue weighted by atomic mass is 9.99. The minimum atomic E-state index is 0.563. The number of ether oxygens (including phenoxy) is 2. The van der Waals surface area contributed by atoms with Gasteiger partial charge in [0, 0.05) is 17.2 Å². The molecule has 1 aromatic carbocycles. The molecule has 0 amide bonds. The molecule has 0 saturated carbocycles. The summed E-state index contributed by atoms with van der Waals surface area (Å²) in [6, 6.07) is 5.62. The van der Waals surface area contributed by atoms with Crippen molar-refractivity contribution in [1.29, 1.82) is 0 Å². The minimum absolute atomic E-state index is 0.563. The molecule has 1 aromatic rings. The lowest BCUT2D eigenvalue weighted by Crippen LogP contribution is -2.29. The summed E-state index contributed by atoms with van der Waals surface area (Å²) in [5, 5.41) is 4.07. The van der Waals surface area contributed by atoms with Gasteiger partial charge in [0.1, 0.15) is 5.75 Å². The van der Waals surface area contributed by atoms with Gasteiger partial charge < -0.3 is 14.8 Å². The largest absolute Gasteiger partial charge is 0.496 e. The second kappa shape index (κ2) is 6.98. The van der Waals surface area contributed by atoms with Crippen LogP contribution in [-0.4, -0.2) is 26.8 Å². The predicted molar refractivity (Wildman–Crippen MR) is 73.3 cm³/mol. The lowest BCUT2D eigenvalue weighted by molar-refractivity contribution is 0.0751. The molecule has 0 spiro atoms. The molecule has 0 radical (unpaired) electrons. The Balaban J connectivity index is 1.83. The third-order valence-corrected chi connectivity index (χ3v) is 3.55. The average Bonchev–Trinajstić information content (AvgIpc) is 2.40. The Morgan fingerprint density at radius 2 is 2.11 bits per heavy atom. The quantitative estimate of drug-likeness (QED) is 0.892. The summed E-state index contributed by atoms with van der Waals surface area (Å²) >= 11 is 5.98. The van der Waals surface area contributed by atoms with Crippen LogP contribution in [0.1, 0.15) is 18.4 Å². The zero-order chi connectivity index (χ0) is 12.8. The van der Waals surface area contributed by atoms with Gasteiger partial charge >= 0.3 is 0 Å². The summed E-state index contributed by atoms with van der Waals surface area (Å²) in [6.45, 7) is 3.59. The summed E-state index contributed by atoms with van der Waals surface area (Å²) in [7, 11) is 1.67. The normalized spacial score (nSPS) is 16.8. The highest BCUT2D eigenvalue weighted by molar-refractivity contribution is 6.30. The van der Waals surface area contributed by atoms with Crippen molar-refractivity contribution in [2.45, 2.75) is 19.4 Å². The third kappa shape index (κ3) is 3.87. The summed E-state index contributed by atoms with van der Waals surface area (Å²) < 4.78 is 11.1. The van der Waals surface area contributed by atoms with Crippen LogP contribution in [0.25, 0.3) is 0 Å². The number of nitrogens with one attached hydrogen (secondary N) is 1. The first-order valence-electron chi connectivity index (χ1n) is 6.40. The monoisotopic (exact) mass is 269 g/mol. The van der Waals surface area contributed by atoms with Gasteiger partial charge in [-0.1, -0.05) is 11.6 Å². The maximum Gasteiger partial charge on any atom is 0.124 e. The molecule has 18 heavy (non-hydrogen) atoms. The SMILES string of the molecule is COc1ccc(Cl)cc1COCC1CCNCC1. The number of halogens is 1. The van der Waals surface area contributed by atoms with Gasteiger partial charge in [0.15, 0.2) is 0 Å². The number of piperidine rings is 1. The maximum absolute atomic E-state index is 5.98. The smallest absolute Gasteiger partial charge is 0.124 e. The van der Waals surface area contributed by atoms with Crippen LogP contribution >= 0.6 is 11.6 Å². The first kappa shape index (κ1) is 13.7. The molecule has 0 aliphatic carbocycles. The van der Waals surface area contributed by atoms with E-state index in [2.05, 4.69) is 5.32 Å². The number of hydrogen-bond donors (Lipinski definition) is 1. The molecule has 100 valence electrons. The molecule has 0 atom stereocenters. The van der Waals surface area contributed by atoms with E-state index in [1.165, 1.54) is 12.8 Å². The Hall–Kier alpha value is -0.770. The van der Waals surface area contributed by atoms with Crippen LogP contribution in [0.15, 0.2) is 18.2 Å². The van der Waals surface area contributed by atoms with Crippen LogP contribution in [-0.2, 0) is 11.3 Å². The van der Waals surface area contributed by atoms with Gasteiger partial charge in [-0.2, -0.15) is 0 Å². The lowest BCUT2D eigenvalue weighted by Gasteiger charge is -2.22. The van der Waals surface area contributed by atoms with Crippen LogP contribution in [0.4, 0.5) is 0 Å². The van der Waals surface area contributed by atoms with Gasteiger partial charge in [0.25, 0.3) is 0 Å². The van der Waals surface area contributed by atoms with Gasteiger partial charge in [0.05, 0.1) is 13.7 Å². The van der Waals surface area contributed by atoms with Gasteiger partial charge in [-0.3, -0.25) is 0 Å². The Labute approximate surface area is 113 Å². The molecule has 0 bridgehead atoms. The Kier molecular flexibility index (Phi) is 5.29. The molecule has 1 N–H and O–H groups in total. The molecule has 0 aromatic heterocycles. The Morgan fingerprint density at radius 3 is 2.83 bits per heavy atom. The highest BCUT2D eigenvalue weighted by atomic mass is 35.5. The predicted octanol–water partition coefficient (Wildman–Crippen LogP) is 2.86. The van der Waals surface area contributed by atoms with Crippen LogP contribution in [0.3, 0.4) is 0 Å². The topological polar surface area (TPSA) is 30.5 Å². The van der Waals surface area contributed by atoms with Crippen LogP contribution in [0.2, 0.25) is 5.02 Å². The van der Waals surface area contributed by atoms with E-state index in [1.54, 1.807) is 7.11 Å². The van der Waals surface area contributed by atoms with Crippen molar-refractivity contribution in [2.24, 2.45) is 5.92 Å². The van der Waals surface area contributed by atoms with E-state index < -0.39 is 0 Å². The molecule has 1 aliphatic rings. The maximum atomic E-state index is 5.98. The molecule has 1 heterocycles. The first-order chi connectivity index (χ1) is 8.79. The van der Waals surface area contributed by atoms with E-state index >= 15 is 0 Å². The summed E-state index contributed by atoms with van der Waals surface area (Å²) in [5.41, 5.74) is 1.01. The minimum Gasteiger partial charge on any atom is -0.496 e. The van der Waals surface area contributed by atoms with E-state index in [-0.39, 0.29) is 0 Å². The fourth-order valence-electron chi connectivity index (χ4n) is 2.24. The van der Waals surface area contributed by atoms with E-state index in [4.69, 9.17) is 21.1 Å². The van der Waals surface area contributed by atoms with Crippen molar-refractivity contribution in [3.8, 4) is 5.75 Å². The van der Waals surface area contributed by atoms with Crippen molar-refractivity contribution < 1.29 is 9.47 Å². The van der Waals surface area contributed by atoms with Crippen LogP contribution in [0.5, 0.6) is 5.75 Å².